The van der Waals surface area contributed by atoms with E-state index in [1.54, 1.807) is 19.3 Å². The van der Waals surface area contributed by atoms with Crippen molar-refractivity contribution in [2.75, 3.05) is 13.7 Å². The van der Waals surface area contributed by atoms with E-state index in [1.807, 2.05) is 37.4 Å². The molecule has 1 aliphatic rings. The van der Waals surface area contributed by atoms with Gasteiger partial charge in [-0.1, -0.05) is 24.3 Å². The molecule has 5 heteroatoms. The van der Waals surface area contributed by atoms with Gasteiger partial charge >= 0.3 is 0 Å². The van der Waals surface area contributed by atoms with Crippen molar-refractivity contribution in [1.82, 2.24) is 9.47 Å². The van der Waals surface area contributed by atoms with Crippen LogP contribution in [0.25, 0.3) is 21.8 Å². The van der Waals surface area contributed by atoms with Gasteiger partial charge in [-0.2, -0.15) is 0 Å². The highest BCUT2D eigenvalue weighted by Crippen LogP contribution is 2.35. The molecule has 4 rings (SSSR count). The smallest absolute Gasteiger partial charge is 0.260 e. The number of fused-ring (bicyclic) bond motifs is 3. The van der Waals surface area contributed by atoms with Gasteiger partial charge in [0.1, 0.15) is 5.75 Å². The number of benzene rings is 2. The number of aromatic nitrogens is 1. The summed E-state index contributed by atoms with van der Waals surface area (Å²) in [6.07, 6.45) is 3.93. The van der Waals surface area contributed by atoms with Crippen LogP contribution in [-0.2, 0) is 11.8 Å². The largest absolute Gasteiger partial charge is 0.495 e. The maximum atomic E-state index is 12.9. The number of carbonyl (C=O) groups is 2. The molecule has 25 heavy (non-hydrogen) atoms. The van der Waals surface area contributed by atoms with Gasteiger partial charge in [0.05, 0.1) is 12.6 Å². The Labute approximate surface area is 145 Å². The fourth-order valence-electron chi connectivity index (χ4n) is 3.50. The molecule has 1 aliphatic heterocycles. The van der Waals surface area contributed by atoms with E-state index in [4.69, 9.17) is 4.74 Å². The zero-order valence-corrected chi connectivity index (χ0v) is 14.2. The second-order valence-corrected chi connectivity index (χ2v) is 6.14. The number of amides is 2. The molecule has 5 nitrogen and oxygen atoms in total. The van der Waals surface area contributed by atoms with Crippen LogP contribution in [0.4, 0.5) is 0 Å². The number of imide groups is 1. The van der Waals surface area contributed by atoms with Gasteiger partial charge in [-0.05, 0) is 30.7 Å². The summed E-state index contributed by atoms with van der Waals surface area (Å²) < 4.78 is 7.61. The van der Waals surface area contributed by atoms with Gasteiger partial charge in [0.15, 0.2) is 0 Å². The Balaban J connectivity index is 1.94. The van der Waals surface area contributed by atoms with E-state index < -0.39 is 0 Å². The monoisotopic (exact) mass is 334 g/mol. The fourth-order valence-corrected chi connectivity index (χ4v) is 3.50. The van der Waals surface area contributed by atoms with Crippen LogP contribution in [0.2, 0.25) is 0 Å². The van der Waals surface area contributed by atoms with Crippen molar-refractivity contribution in [2.24, 2.45) is 7.05 Å². The van der Waals surface area contributed by atoms with Crippen LogP contribution >= 0.6 is 0 Å². The third-order valence-corrected chi connectivity index (χ3v) is 4.72. The molecule has 2 amide bonds. The Hall–Kier alpha value is -3.08. The Bertz CT molecular complexity index is 1050. The zero-order chi connectivity index (χ0) is 17.6. The van der Waals surface area contributed by atoms with Crippen molar-refractivity contribution in [1.29, 1.82) is 0 Å². The second-order valence-electron chi connectivity index (χ2n) is 6.14. The number of hydrogen-bond donors (Lipinski definition) is 0. The van der Waals surface area contributed by atoms with Crippen molar-refractivity contribution >= 4 is 33.6 Å². The number of aryl methyl sites for hydroxylation is 1. The van der Waals surface area contributed by atoms with Crippen LogP contribution in [0.3, 0.4) is 0 Å². The van der Waals surface area contributed by atoms with Crippen LogP contribution < -0.4 is 4.74 Å². The van der Waals surface area contributed by atoms with Crippen molar-refractivity contribution in [3.05, 3.63) is 54.1 Å². The predicted molar refractivity (Wildman–Crippen MR) is 96.8 cm³/mol. The molecule has 0 aliphatic carbocycles. The minimum absolute atomic E-state index is 0.270. The molecule has 2 aromatic carbocycles. The molecule has 0 N–H and O–H groups in total. The minimum atomic E-state index is -0.289. The van der Waals surface area contributed by atoms with E-state index in [0.717, 1.165) is 21.8 Å². The first-order chi connectivity index (χ1) is 12.1. The molecule has 2 heterocycles. The van der Waals surface area contributed by atoms with E-state index in [0.29, 0.717) is 24.3 Å². The molecular formula is C20H18N2O3. The molecule has 0 atom stereocenters. The van der Waals surface area contributed by atoms with Crippen molar-refractivity contribution in [3.8, 4) is 5.75 Å². The van der Waals surface area contributed by atoms with Gasteiger partial charge in [0.2, 0.25) is 0 Å². The number of methoxy groups -OCH3 is 1. The molecular weight excluding hydrogens is 316 g/mol. The third kappa shape index (κ3) is 2.31. The Morgan fingerprint density at radius 2 is 1.96 bits per heavy atom. The maximum Gasteiger partial charge on any atom is 0.260 e. The Morgan fingerprint density at radius 3 is 2.72 bits per heavy atom. The number of hydrogen-bond acceptors (Lipinski definition) is 3. The number of carbonyl (C=O) groups excluding carboxylic acids is 2. The van der Waals surface area contributed by atoms with Crippen molar-refractivity contribution < 1.29 is 14.3 Å². The zero-order valence-electron chi connectivity index (χ0n) is 14.2. The summed E-state index contributed by atoms with van der Waals surface area (Å²) in [7, 11) is 3.57. The minimum Gasteiger partial charge on any atom is -0.495 e. The number of nitrogens with zero attached hydrogens (tertiary/aromatic N) is 2. The van der Waals surface area contributed by atoms with Crippen molar-refractivity contribution in [3.63, 3.8) is 0 Å². The van der Waals surface area contributed by atoms with Crippen LogP contribution in [0.1, 0.15) is 16.8 Å². The average molecular weight is 334 g/mol. The molecule has 0 unspecified atom stereocenters. The molecule has 3 aromatic rings. The summed E-state index contributed by atoms with van der Waals surface area (Å²) >= 11 is 0. The van der Waals surface area contributed by atoms with E-state index in [2.05, 4.69) is 4.57 Å². The standard InChI is InChI=1S/C20H18N2O3/c1-21-16-8-4-3-7-14(16)15-11-13(12-17(25-2)19(15)21)20(24)22-10-6-5-9-18(22)23/h3-5,7-9,11-12H,6,10H2,1-2H3. The Morgan fingerprint density at radius 1 is 1.16 bits per heavy atom. The third-order valence-electron chi connectivity index (χ3n) is 4.72. The normalized spacial score (nSPS) is 14.5. The van der Waals surface area contributed by atoms with Crippen LogP contribution in [0.5, 0.6) is 5.75 Å². The van der Waals surface area contributed by atoms with Crippen LogP contribution in [0.15, 0.2) is 48.6 Å². The maximum absolute atomic E-state index is 12.9. The summed E-state index contributed by atoms with van der Waals surface area (Å²) in [5.74, 6) is 0.0651. The first-order valence-electron chi connectivity index (χ1n) is 8.19. The van der Waals surface area contributed by atoms with Crippen LogP contribution in [0, 0.1) is 0 Å². The molecule has 1 aromatic heterocycles. The fraction of sp³-hybridized carbons (Fsp3) is 0.200. The molecule has 126 valence electrons. The predicted octanol–water partition coefficient (Wildman–Crippen LogP) is 3.27. The number of ether oxygens (including phenoxy) is 1. The molecule has 0 fully saturated rings. The lowest BCUT2D eigenvalue weighted by atomic mass is 10.1. The molecule has 0 spiro atoms. The number of para-hydroxylation sites is 1. The van der Waals surface area contributed by atoms with E-state index >= 15 is 0 Å². The quantitative estimate of drug-likeness (QED) is 0.676. The van der Waals surface area contributed by atoms with E-state index in [1.165, 1.54) is 11.0 Å². The first kappa shape index (κ1) is 15.4. The van der Waals surface area contributed by atoms with Gasteiger partial charge in [0.25, 0.3) is 11.8 Å². The first-order valence-corrected chi connectivity index (χ1v) is 8.19. The topological polar surface area (TPSA) is 51.5 Å². The van der Waals surface area contributed by atoms with Gasteiger partial charge in [-0.3, -0.25) is 14.5 Å². The lowest BCUT2D eigenvalue weighted by molar-refractivity contribution is -0.124. The highest BCUT2D eigenvalue weighted by atomic mass is 16.5. The summed E-state index contributed by atoms with van der Waals surface area (Å²) in [4.78, 5) is 26.2. The molecule has 0 saturated carbocycles. The summed E-state index contributed by atoms with van der Waals surface area (Å²) in [6.45, 7) is 0.407. The van der Waals surface area contributed by atoms with Gasteiger partial charge < -0.3 is 9.30 Å². The summed E-state index contributed by atoms with van der Waals surface area (Å²) in [5.41, 5.74) is 2.46. The summed E-state index contributed by atoms with van der Waals surface area (Å²) in [5, 5.41) is 2.00. The lowest BCUT2D eigenvalue weighted by Crippen LogP contribution is -2.38. The molecule has 0 saturated heterocycles. The van der Waals surface area contributed by atoms with Gasteiger partial charge in [0, 0.05) is 35.4 Å². The highest BCUT2D eigenvalue weighted by molar-refractivity contribution is 6.15. The second kappa shape index (κ2) is 5.77. The SMILES string of the molecule is COc1cc(C(=O)N2CCC=CC2=O)cc2c3ccccc3n(C)c12. The van der Waals surface area contributed by atoms with Crippen LogP contribution in [-0.4, -0.2) is 34.9 Å². The average Bonchev–Trinajstić information content (AvgIpc) is 2.94. The Kier molecular flexibility index (Phi) is 3.57. The molecule has 0 bridgehead atoms. The number of rotatable bonds is 2. The van der Waals surface area contributed by atoms with Gasteiger partial charge in [-0.25, -0.2) is 0 Å². The summed E-state index contributed by atoms with van der Waals surface area (Å²) in [6, 6.07) is 11.6. The van der Waals surface area contributed by atoms with E-state index in [-0.39, 0.29) is 11.8 Å². The highest BCUT2D eigenvalue weighted by Gasteiger charge is 2.25. The van der Waals surface area contributed by atoms with Crippen molar-refractivity contribution in [2.45, 2.75) is 6.42 Å². The molecule has 0 radical (unpaired) electrons. The van der Waals surface area contributed by atoms with E-state index in [9.17, 15) is 9.59 Å². The lowest BCUT2D eigenvalue weighted by Gasteiger charge is -2.21. The van der Waals surface area contributed by atoms with Gasteiger partial charge in [-0.15, -0.1) is 0 Å².